The zero-order chi connectivity index (χ0) is 20.4. The van der Waals surface area contributed by atoms with Crippen LogP contribution in [0.4, 0.5) is 0 Å². The highest BCUT2D eigenvalue weighted by molar-refractivity contribution is 5.91. The molecule has 0 bridgehead atoms. The van der Waals surface area contributed by atoms with Crippen molar-refractivity contribution in [3.63, 3.8) is 0 Å². The molecule has 1 saturated heterocycles. The molecule has 1 fully saturated rings. The van der Waals surface area contributed by atoms with Crippen molar-refractivity contribution in [3.8, 4) is 5.75 Å². The van der Waals surface area contributed by atoms with Crippen molar-refractivity contribution < 1.29 is 18.7 Å². The number of hydrogen-bond acceptors (Lipinski definition) is 5. The number of carbonyl (C=O) groups excluding carboxylic acids is 1. The van der Waals surface area contributed by atoms with Gasteiger partial charge in [0.05, 0.1) is 26.8 Å². The zero-order valence-corrected chi connectivity index (χ0v) is 17.1. The Morgan fingerprint density at radius 3 is 2.72 bits per heavy atom. The van der Waals surface area contributed by atoms with E-state index in [9.17, 15) is 4.79 Å². The molecule has 6 nitrogen and oxygen atoms in total. The van der Waals surface area contributed by atoms with Crippen molar-refractivity contribution >= 4 is 16.7 Å². The lowest BCUT2D eigenvalue weighted by Crippen LogP contribution is -2.42. The summed E-state index contributed by atoms with van der Waals surface area (Å²) in [6, 6.07) is 15.9. The number of methoxy groups -OCH3 is 1. The fourth-order valence-corrected chi connectivity index (χ4v) is 3.65. The van der Waals surface area contributed by atoms with Gasteiger partial charge in [-0.15, -0.1) is 0 Å². The predicted molar refractivity (Wildman–Crippen MR) is 111 cm³/mol. The van der Waals surface area contributed by atoms with E-state index in [1.165, 1.54) is 0 Å². The van der Waals surface area contributed by atoms with E-state index in [0.29, 0.717) is 32.0 Å². The number of benzene rings is 2. The Labute approximate surface area is 170 Å². The third kappa shape index (κ3) is 4.28. The normalized spacial score (nSPS) is 17.1. The minimum Gasteiger partial charge on any atom is -0.497 e. The van der Waals surface area contributed by atoms with Gasteiger partial charge in [0.2, 0.25) is 0 Å². The molecule has 1 aliphatic rings. The van der Waals surface area contributed by atoms with Crippen molar-refractivity contribution in [2.45, 2.75) is 12.6 Å². The standard InChI is InChI=1S/C23H26N2O4/c1-24(2)14-20-8-9-21(29-20)23(26)25-10-11-28-22(15-25)18-5-4-17-13-19(27-3)7-6-16(17)12-18/h4-9,12-13,22H,10-11,14-15H2,1-3H3. The summed E-state index contributed by atoms with van der Waals surface area (Å²) in [5, 5.41) is 2.23. The van der Waals surface area contributed by atoms with Gasteiger partial charge in [-0.25, -0.2) is 0 Å². The largest absolute Gasteiger partial charge is 0.497 e. The molecule has 0 spiro atoms. The number of ether oxygens (including phenoxy) is 2. The molecule has 0 radical (unpaired) electrons. The summed E-state index contributed by atoms with van der Waals surface area (Å²) in [4.78, 5) is 16.7. The quantitative estimate of drug-likeness (QED) is 0.660. The van der Waals surface area contributed by atoms with Gasteiger partial charge in [0.25, 0.3) is 5.91 Å². The molecule has 1 amide bonds. The lowest BCUT2D eigenvalue weighted by molar-refractivity contribution is -0.0237. The summed E-state index contributed by atoms with van der Waals surface area (Å²) in [7, 11) is 5.60. The molecule has 1 aliphatic heterocycles. The number of amides is 1. The SMILES string of the molecule is COc1ccc2cc(C3CN(C(=O)c4ccc(CN(C)C)o4)CCO3)ccc2c1. The van der Waals surface area contributed by atoms with Crippen LogP contribution in [0.3, 0.4) is 0 Å². The molecule has 4 rings (SSSR count). The number of carbonyl (C=O) groups is 1. The van der Waals surface area contributed by atoms with Gasteiger partial charge in [-0.3, -0.25) is 4.79 Å². The molecule has 1 atom stereocenters. The summed E-state index contributed by atoms with van der Waals surface area (Å²) >= 11 is 0. The Hall–Kier alpha value is -2.83. The van der Waals surface area contributed by atoms with Crippen LogP contribution in [0.2, 0.25) is 0 Å². The first-order chi connectivity index (χ1) is 14.0. The van der Waals surface area contributed by atoms with Gasteiger partial charge in [0.15, 0.2) is 5.76 Å². The van der Waals surface area contributed by atoms with Gasteiger partial charge < -0.3 is 23.7 Å². The Morgan fingerprint density at radius 2 is 1.93 bits per heavy atom. The molecular formula is C23H26N2O4. The van der Waals surface area contributed by atoms with Crippen LogP contribution < -0.4 is 4.74 Å². The summed E-state index contributed by atoms with van der Waals surface area (Å²) in [5.41, 5.74) is 1.06. The number of hydrogen-bond donors (Lipinski definition) is 0. The first-order valence-corrected chi connectivity index (χ1v) is 9.75. The van der Waals surface area contributed by atoms with Gasteiger partial charge in [-0.1, -0.05) is 18.2 Å². The van der Waals surface area contributed by atoms with Crippen molar-refractivity contribution in [1.29, 1.82) is 0 Å². The third-order valence-corrected chi connectivity index (χ3v) is 5.14. The highest BCUT2D eigenvalue weighted by atomic mass is 16.5. The molecule has 3 aromatic rings. The maximum Gasteiger partial charge on any atom is 0.289 e. The second-order valence-electron chi connectivity index (χ2n) is 7.59. The average molecular weight is 394 g/mol. The van der Waals surface area contributed by atoms with E-state index in [0.717, 1.165) is 27.8 Å². The van der Waals surface area contributed by atoms with Crippen LogP contribution in [0.1, 0.15) is 28.0 Å². The van der Waals surface area contributed by atoms with Gasteiger partial charge in [0, 0.05) is 6.54 Å². The fraction of sp³-hybridized carbons (Fsp3) is 0.348. The molecular weight excluding hydrogens is 368 g/mol. The smallest absolute Gasteiger partial charge is 0.289 e. The average Bonchev–Trinajstić information content (AvgIpc) is 3.20. The number of morpholine rings is 1. The zero-order valence-electron chi connectivity index (χ0n) is 17.1. The van der Waals surface area contributed by atoms with Gasteiger partial charge in [0.1, 0.15) is 17.6 Å². The van der Waals surface area contributed by atoms with Crippen LogP contribution in [-0.4, -0.2) is 56.6 Å². The Bertz CT molecular complexity index is 1010. The molecule has 29 heavy (non-hydrogen) atoms. The molecule has 6 heteroatoms. The molecule has 1 aromatic heterocycles. The Morgan fingerprint density at radius 1 is 1.14 bits per heavy atom. The molecule has 0 N–H and O–H groups in total. The van der Waals surface area contributed by atoms with E-state index in [-0.39, 0.29) is 12.0 Å². The minimum absolute atomic E-state index is 0.0890. The fourth-order valence-electron chi connectivity index (χ4n) is 3.65. The van der Waals surface area contributed by atoms with E-state index >= 15 is 0 Å². The monoisotopic (exact) mass is 394 g/mol. The molecule has 2 heterocycles. The van der Waals surface area contributed by atoms with Crippen molar-refractivity contribution in [2.75, 3.05) is 40.9 Å². The number of rotatable bonds is 5. The minimum atomic E-state index is -0.157. The van der Waals surface area contributed by atoms with E-state index in [1.54, 1.807) is 13.2 Å². The summed E-state index contributed by atoms with van der Waals surface area (Å²) in [5.74, 6) is 1.91. The molecule has 152 valence electrons. The van der Waals surface area contributed by atoms with Crippen LogP contribution in [-0.2, 0) is 11.3 Å². The topological polar surface area (TPSA) is 55.2 Å². The van der Waals surface area contributed by atoms with Crippen LogP contribution in [0.25, 0.3) is 10.8 Å². The van der Waals surface area contributed by atoms with Crippen LogP contribution in [0.15, 0.2) is 52.9 Å². The lowest BCUT2D eigenvalue weighted by atomic mass is 10.0. The maximum atomic E-state index is 12.9. The van der Waals surface area contributed by atoms with Crippen molar-refractivity contribution in [3.05, 3.63) is 65.6 Å². The maximum absolute atomic E-state index is 12.9. The Balaban J connectivity index is 1.49. The van der Waals surface area contributed by atoms with E-state index in [2.05, 4.69) is 18.2 Å². The van der Waals surface area contributed by atoms with Crippen molar-refractivity contribution in [1.82, 2.24) is 9.80 Å². The molecule has 1 unspecified atom stereocenters. The predicted octanol–water partition coefficient (Wildman–Crippen LogP) is 3.72. The highest BCUT2D eigenvalue weighted by Gasteiger charge is 2.28. The first-order valence-electron chi connectivity index (χ1n) is 9.75. The first kappa shape index (κ1) is 19.5. The molecule has 2 aromatic carbocycles. The van der Waals surface area contributed by atoms with Crippen LogP contribution >= 0.6 is 0 Å². The van der Waals surface area contributed by atoms with Crippen LogP contribution in [0.5, 0.6) is 5.75 Å². The molecule has 0 saturated carbocycles. The van der Waals surface area contributed by atoms with E-state index in [4.69, 9.17) is 13.9 Å². The highest BCUT2D eigenvalue weighted by Crippen LogP contribution is 2.28. The van der Waals surface area contributed by atoms with E-state index in [1.807, 2.05) is 48.2 Å². The number of fused-ring (bicyclic) bond motifs is 1. The summed E-state index contributed by atoms with van der Waals surface area (Å²) in [6.07, 6.45) is -0.157. The summed E-state index contributed by atoms with van der Waals surface area (Å²) < 4.78 is 17.0. The number of furan rings is 1. The molecule has 0 aliphatic carbocycles. The second kappa shape index (κ2) is 8.27. The van der Waals surface area contributed by atoms with Crippen molar-refractivity contribution in [2.24, 2.45) is 0 Å². The Kier molecular flexibility index (Phi) is 5.56. The lowest BCUT2D eigenvalue weighted by Gasteiger charge is -2.32. The van der Waals surface area contributed by atoms with Gasteiger partial charge in [-0.05, 0) is 60.8 Å². The number of nitrogens with zero attached hydrogens (tertiary/aromatic N) is 2. The van der Waals surface area contributed by atoms with Gasteiger partial charge >= 0.3 is 0 Å². The second-order valence-corrected chi connectivity index (χ2v) is 7.59. The van der Waals surface area contributed by atoms with Gasteiger partial charge in [-0.2, -0.15) is 0 Å². The van der Waals surface area contributed by atoms with Crippen LogP contribution in [0, 0.1) is 0 Å². The third-order valence-electron chi connectivity index (χ3n) is 5.14. The summed E-state index contributed by atoms with van der Waals surface area (Å²) in [6.45, 7) is 2.23. The van der Waals surface area contributed by atoms with E-state index < -0.39 is 0 Å².